The SMILES string of the molecule is O=C(CNC(=O)c1cc(Cl)ccn1)NNC(=O)COc1ccccc1-c1ccccc1. The second-order valence-corrected chi connectivity index (χ2v) is 6.73. The van der Waals surface area contributed by atoms with Crippen molar-refractivity contribution in [2.75, 3.05) is 13.2 Å². The molecule has 0 radical (unpaired) electrons. The maximum Gasteiger partial charge on any atom is 0.276 e. The molecule has 0 aliphatic rings. The second kappa shape index (κ2) is 10.7. The summed E-state index contributed by atoms with van der Waals surface area (Å²) < 4.78 is 5.60. The normalized spacial score (nSPS) is 10.1. The molecule has 0 unspecified atom stereocenters. The number of carbonyl (C=O) groups is 3. The Kier molecular flexibility index (Phi) is 7.56. The molecule has 158 valence electrons. The molecule has 31 heavy (non-hydrogen) atoms. The van der Waals surface area contributed by atoms with E-state index in [0.717, 1.165) is 11.1 Å². The molecule has 0 saturated heterocycles. The molecule has 8 nitrogen and oxygen atoms in total. The third-order valence-electron chi connectivity index (χ3n) is 4.04. The molecule has 3 N–H and O–H groups in total. The van der Waals surface area contributed by atoms with Crippen molar-refractivity contribution >= 4 is 29.3 Å². The van der Waals surface area contributed by atoms with Gasteiger partial charge >= 0.3 is 0 Å². The molecule has 0 spiro atoms. The second-order valence-electron chi connectivity index (χ2n) is 6.29. The lowest BCUT2D eigenvalue weighted by Crippen LogP contribution is -2.47. The van der Waals surface area contributed by atoms with Crippen LogP contribution in [0.1, 0.15) is 10.5 Å². The van der Waals surface area contributed by atoms with Crippen molar-refractivity contribution in [3.05, 3.63) is 83.6 Å². The largest absolute Gasteiger partial charge is 0.483 e. The summed E-state index contributed by atoms with van der Waals surface area (Å²) in [5, 5.41) is 2.73. The van der Waals surface area contributed by atoms with Gasteiger partial charge in [-0.1, -0.05) is 60.1 Å². The van der Waals surface area contributed by atoms with Gasteiger partial charge in [0.25, 0.3) is 17.7 Å². The van der Waals surface area contributed by atoms with Gasteiger partial charge in [0.1, 0.15) is 11.4 Å². The number of carbonyl (C=O) groups excluding carboxylic acids is 3. The first-order valence-electron chi connectivity index (χ1n) is 9.27. The molecular formula is C22H19ClN4O4. The number of hydrogen-bond donors (Lipinski definition) is 3. The number of hydrazine groups is 1. The van der Waals surface area contributed by atoms with E-state index >= 15 is 0 Å². The van der Waals surface area contributed by atoms with Crippen LogP contribution in [0.25, 0.3) is 11.1 Å². The van der Waals surface area contributed by atoms with Crippen LogP contribution in [0.5, 0.6) is 5.75 Å². The van der Waals surface area contributed by atoms with Crippen molar-refractivity contribution in [3.63, 3.8) is 0 Å². The van der Waals surface area contributed by atoms with Gasteiger partial charge < -0.3 is 10.1 Å². The molecule has 0 aliphatic heterocycles. The number of nitrogens with zero attached hydrogens (tertiary/aromatic N) is 1. The van der Waals surface area contributed by atoms with Crippen LogP contribution in [-0.4, -0.2) is 35.9 Å². The molecule has 0 aliphatic carbocycles. The zero-order chi connectivity index (χ0) is 22.1. The third-order valence-corrected chi connectivity index (χ3v) is 4.27. The first-order valence-corrected chi connectivity index (χ1v) is 9.65. The van der Waals surface area contributed by atoms with Crippen molar-refractivity contribution in [2.24, 2.45) is 0 Å². The molecule has 9 heteroatoms. The van der Waals surface area contributed by atoms with Crippen LogP contribution in [0.4, 0.5) is 0 Å². The Morgan fingerprint density at radius 1 is 0.903 bits per heavy atom. The van der Waals surface area contributed by atoms with Crippen LogP contribution >= 0.6 is 11.6 Å². The standard InChI is InChI=1S/C22H19ClN4O4/c23-16-10-11-24-18(12-16)22(30)25-13-20(28)26-27-21(29)14-31-19-9-5-4-8-17(19)15-6-2-1-3-7-15/h1-12H,13-14H2,(H,25,30)(H,26,28)(H,27,29). The van der Waals surface area contributed by atoms with Crippen LogP contribution in [0.15, 0.2) is 72.9 Å². The first-order chi connectivity index (χ1) is 15.0. The number of para-hydroxylation sites is 1. The maximum absolute atomic E-state index is 12.0. The summed E-state index contributed by atoms with van der Waals surface area (Å²) in [4.78, 5) is 39.6. The van der Waals surface area contributed by atoms with E-state index in [-0.39, 0.29) is 18.8 Å². The topological polar surface area (TPSA) is 109 Å². The highest BCUT2D eigenvalue weighted by molar-refractivity contribution is 6.30. The number of nitrogens with one attached hydrogen (secondary N) is 3. The summed E-state index contributed by atoms with van der Waals surface area (Å²) in [6.07, 6.45) is 1.38. The number of benzene rings is 2. The Hall–Kier alpha value is -3.91. The minimum absolute atomic E-state index is 0.0785. The Labute approximate surface area is 183 Å². The minimum Gasteiger partial charge on any atom is -0.483 e. The van der Waals surface area contributed by atoms with E-state index in [1.807, 2.05) is 42.5 Å². The third kappa shape index (κ3) is 6.55. The number of rotatable bonds is 7. The highest BCUT2D eigenvalue weighted by Gasteiger charge is 2.11. The van der Waals surface area contributed by atoms with Gasteiger partial charge in [-0.05, 0) is 23.8 Å². The summed E-state index contributed by atoms with van der Waals surface area (Å²) in [5.41, 5.74) is 6.32. The van der Waals surface area contributed by atoms with Gasteiger partial charge in [0.2, 0.25) is 0 Å². The van der Waals surface area contributed by atoms with Crippen LogP contribution in [0.3, 0.4) is 0 Å². The number of hydrogen-bond acceptors (Lipinski definition) is 5. The van der Waals surface area contributed by atoms with E-state index in [1.54, 1.807) is 12.1 Å². The molecule has 0 saturated carbocycles. The van der Waals surface area contributed by atoms with Crippen molar-refractivity contribution in [1.82, 2.24) is 21.2 Å². The average molecular weight is 439 g/mol. The van der Waals surface area contributed by atoms with Crippen molar-refractivity contribution < 1.29 is 19.1 Å². The zero-order valence-electron chi connectivity index (χ0n) is 16.3. The summed E-state index contributed by atoms with van der Waals surface area (Å²) in [5.74, 6) is -1.20. The molecule has 0 fully saturated rings. The Morgan fingerprint density at radius 3 is 2.39 bits per heavy atom. The minimum atomic E-state index is -0.617. The fourth-order valence-corrected chi connectivity index (χ4v) is 2.75. The van der Waals surface area contributed by atoms with Gasteiger partial charge in [0.15, 0.2) is 6.61 Å². The van der Waals surface area contributed by atoms with Gasteiger partial charge in [-0.15, -0.1) is 0 Å². The fraction of sp³-hybridized carbons (Fsp3) is 0.0909. The molecule has 0 bridgehead atoms. The van der Waals surface area contributed by atoms with Gasteiger partial charge in [-0.3, -0.25) is 30.2 Å². The lowest BCUT2D eigenvalue weighted by molar-refractivity contribution is -0.129. The van der Waals surface area contributed by atoms with E-state index < -0.39 is 17.7 Å². The molecule has 2 aromatic carbocycles. The van der Waals surface area contributed by atoms with Gasteiger partial charge in [0.05, 0.1) is 6.54 Å². The average Bonchev–Trinajstić information content (AvgIpc) is 2.80. The molecule has 3 rings (SSSR count). The molecule has 1 aromatic heterocycles. The summed E-state index contributed by atoms with van der Waals surface area (Å²) in [6, 6.07) is 19.9. The Balaban J connectivity index is 1.44. The summed E-state index contributed by atoms with van der Waals surface area (Å²) in [7, 11) is 0. The molecule has 3 aromatic rings. The lowest BCUT2D eigenvalue weighted by atomic mass is 10.1. The number of amides is 3. The van der Waals surface area contributed by atoms with Crippen molar-refractivity contribution in [3.8, 4) is 16.9 Å². The summed E-state index contributed by atoms with van der Waals surface area (Å²) >= 11 is 5.80. The van der Waals surface area contributed by atoms with Crippen LogP contribution in [-0.2, 0) is 9.59 Å². The molecule has 0 atom stereocenters. The smallest absolute Gasteiger partial charge is 0.276 e. The van der Waals surface area contributed by atoms with Crippen LogP contribution < -0.4 is 20.9 Å². The predicted octanol–water partition coefficient (Wildman–Crippen LogP) is 2.36. The number of pyridine rings is 1. The lowest BCUT2D eigenvalue weighted by Gasteiger charge is -2.12. The predicted molar refractivity (Wildman–Crippen MR) is 115 cm³/mol. The zero-order valence-corrected chi connectivity index (χ0v) is 17.1. The van der Waals surface area contributed by atoms with Crippen molar-refractivity contribution in [2.45, 2.75) is 0 Å². The quantitative estimate of drug-likeness (QED) is 0.490. The number of aromatic nitrogens is 1. The Bertz CT molecular complexity index is 1080. The molecule has 1 heterocycles. The van der Waals surface area contributed by atoms with E-state index in [4.69, 9.17) is 16.3 Å². The highest BCUT2D eigenvalue weighted by Crippen LogP contribution is 2.29. The summed E-state index contributed by atoms with van der Waals surface area (Å²) in [6.45, 7) is -0.659. The van der Waals surface area contributed by atoms with Crippen LogP contribution in [0, 0.1) is 0 Å². The monoisotopic (exact) mass is 438 g/mol. The first kappa shape index (κ1) is 21.8. The van der Waals surface area contributed by atoms with E-state index in [1.165, 1.54) is 18.3 Å². The van der Waals surface area contributed by atoms with E-state index in [2.05, 4.69) is 21.2 Å². The van der Waals surface area contributed by atoms with Gasteiger partial charge in [0, 0.05) is 16.8 Å². The van der Waals surface area contributed by atoms with Crippen LogP contribution in [0.2, 0.25) is 5.02 Å². The van der Waals surface area contributed by atoms with E-state index in [9.17, 15) is 14.4 Å². The number of halogens is 1. The van der Waals surface area contributed by atoms with Gasteiger partial charge in [-0.2, -0.15) is 0 Å². The number of ether oxygens (including phenoxy) is 1. The fourth-order valence-electron chi connectivity index (χ4n) is 2.59. The molecular weight excluding hydrogens is 420 g/mol. The molecule has 3 amide bonds. The van der Waals surface area contributed by atoms with E-state index in [0.29, 0.717) is 10.8 Å². The van der Waals surface area contributed by atoms with Crippen molar-refractivity contribution in [1.29, 1.82) is 0 Å². The Morgan fingerprint density at radius 2 is 1.61 bits per heavy atom. The van der Waals surface area contributed by atoms with Gasteiger partial charge in [-0.25, -0.2) is 0 Å². The highest BCUT2D eigenvalue weighted by atomic mass is 35.5. The maximum atomic E-state index is 12.0.